The largest absolute Gasteiger partial charge is 0.493 e. The van der Waals surface area contributed by atoms with E-state index in [0.717, 1.165) is 33.5 Å². The number of carbonyl (C=O) groups is 2. The molecular weight excluding hydrogens is 610 g/mol. The van der Waals surface area contributed by atoms with Gasteiger partial charge in [-0.25, -0.2) is 4.98 Å². The maximum absolute atomic E-state index is 13.9. The number of nitrogens with one attached hydrogen (secondary N) is 3. The third-order valence-corrected chi connectivity index (χ3v) is 8.80. The summed E-state index contributed by atoms with van der Waals surface area (Å²) in [6.45, 7) is 5.93. The van der Waals surface area contributed by atoms with Gasteiger partial charge in [-0.1, -0.05) is 32.0 Å². The van der Waals surface area contributed by atoms with Crippen LogP contribution >= 0.6 is 0 Å². The Bertz CT molecular complexity index is 1880. The first-order chi connectivity index (χ1) is 23.1. The van der Waals surface area contributed by atoms with E-state index in [-0.39, 0.29) is 28.8 Å². The molecule has 1 aliphatic rings. The Kier molecular flexibility index (Phi) is 10.6. The summed E-state index contributed by atoms with van der Waals surface area (Å²) in [5, 5.41) is 9.34. The number of hydrogen-bond acceptors (Lipinski definition) is 8. The summed E-state index contributed by atoms with van der Waals surface area (Å²) in [4.78, 5) is 44.5. The van der Waals surface area contributed by atoms with Crippen LogP contribution in [0.4, 0.5) is 5.69 Å². The Morgan fingerprint density at radius 1 is 1.02 bits per heavy atom. The molecule has 5 rings (SSSR count). The fraction of sp³-hybridized carbons (Fsp3) is 0.405. The summed E-state index contributed by atoms with van der Waals surface area (Å²) < 4.78 is 19.2. The molecule has 0 fully saturated rings. The lowest BCUT2D eigenvalue weighted by Gasteiger charge is -2.20. The molecule has 1 heterocycles. The van der Waals surface area contributed by atoms with Gasteiger partial charge in [0.1, 0.15) is 11.9 Å². The molecule has 0 saturated carbocycles. The van der Waals surface area contributed by atoms with Gasteiger partial charge in [0.25, 0.3) is 0 Å². The molecule has 48 heavy (non-hydrogen) atoms. The smallest absolute Gasteiger partial charge is 0.242 e. The van der Waals surface area contributed by atoms with Crippen molar-refractivity contribution in [1.29, 1.82) is 0 Å². The molecule has 4 aromatic rings. The number of methoxy groups -OCH3 is 3. The zero-order chi connectivity index (χ0) is 34.5. The standard InChI is InChI=1S/C37H45N5O6/c1-21(2)18-29(37(45)38-17-16-33-41-27-10-8-9-11-30(27)42(33)4)40-28-15-13-24-25(20-31(28)44)26(39-22(3)43)14-12-23-19-32(46-5)35(47-6)36(48-7)34(23)24/h8-11,13,15,19-21,26,29H,12,14,16-18H2,1-7H3,(H,38,45)(H,39,43)(H,40,44)/t26-,29+/m1/s1. The third-order valence-electron chi connectivity index (χ3n) is 8.80. The topological polar surface area (TPSA) is 133 Å². The molecule has 2 amide bonds. The highest BCUT2D eigenvalue weighted by Gasteiger charge is 2.30. The van der Waals surface area contributed by atoms with E-state index in [1.807, 2.05) is 61.9 Å². The normalized spacial score (nSPS) is 14.4. The number of aromatic nitrogens is 2. The fourth-order valence-corrected chi connectivity index (χ4v) is 6.56. The van der Waals surface area contributed by atoms with Gasteiger partial charge in [0, 0.05) is 32.5 Å². The summed E-state index contributed by atoms with van der Waals surface area (Å²) >= 11 is 0. The van der Waals surface area contributed by atoms with E-state index < -0.39 is 12.1 Å². The molecule has 11 heteroatoms. The quantitative estimate of drug-likeness (QED) is 0.196. The van der Waals surface area contributed by atoms with Gasteiger partial charge in [0.15, 0.2) is 11.5 Å². The van der Waals surface area contributed by atoms with E-state index in [1.165, 1.54) is 6.92 Å². The van der Waals surface area contributed by atoms with E-state index in [4.69, 9.17) is 19.2 Å². The van der Waals surface area contributed by atoms with Gasteiger partial charge in [-0.2, -0.15) is 0 Å². The lowest BCUT2D eigenvalue weighted by molar-refractivity contribution is -0.122. The number of rotatable bonds is 12. The van der Waals surface area contributed by atoms with Gasteiger partial charge in [-0.05, 0) is 72.2 Å². The number of para-hydroxylation sites is 2. The Morgan fingerprint density at radius 3 is 2.44 bits per heavy atom. The lowest BCUT2D eigenvalue weighted by atomic mass is 9.95. The van der Waals surface area contributed by atoms with Crippen LogP contribution in [-0.2, 0) is 29.5 Å². The summed E-state index contributed by atoms with van der Waals surface area (Å²) in [6, 6.07) is 13.9. The predicted octanol–water partition coefficient (Wildman–Crippen LogP) is 4.94. The second-order valence-electron chi connectivity index (χ2n) is 12.5. The average molecular weight is 656 g/mol. The molecular formula is C37H45N5O6. The predicted molar refractivity (Wildman–Crippen MR) is 187 cm³/mol. The maximum atomic E-state index is 13.9. The highest BCUT2D eigenvalue weighted by Crippen LogP contribution is 2.50. The maximum Gasteiger partial charge on any atom is 0.242 e. The molecule has 0 radical (unpaired) electrons. The number of ether oxygens (including phenoxy) is 3. The number of nitrogens with zero attached hydrogens (tertiary/aromatic N) is 2. The van der Waals surface area contributed by atoms with Crippen molar-refractivity contribution in [2.24, 2.45) is 13.0 Å². The van der Waals surface area contributed by atoms with Crippen LogP contribution in [0.25, 0.3) is 22.2 Å². The van der Waals surface area contributed by atoms with Crippen LogP contribution in [0.2, 0.25) is 0 Å². The lowest BCUT2D eigenvalue weighted by Crippen LogP contribution is -2.42. The summed E-state index contributed by atoms with van der Waals surface area (Å²) in [6.07, 6.45) is 2.22. The zero-order valence-electron chi connectivity index (χ0n) is 28.7. The van der Waals surface area contributed by atoms with Crippen LogP contribution in [0.5, 0.6) is 17.2 Å². The van der Waals surface area contributed by atoms with Crippen molar-refractivity contribution < 1.29 is 23.8 Å². The van der Waals surface area contributed by atoms with Crippen molar-refractivity contribution in [1.82, 2.24) is 20.2 Å². The molecule has 254 valence electrons. The highest BCUT2D eigenvalue weighted by molar-refractivity contribution is 5.86. The van der Waals surface area contributed by atoms with Crippen molar-refractivity contribution in [2.45, 2.75) is 58.5 Å². The van der Waals surface area contributed by atoms with Crippen LogP contribution in [0.1, 0.15) is 56.6 Å². The van der Waals surface area contributed by atoms with E-state index in [0.29, 0.717) is 55.0 Å². The van der Waals surface area contributed by atoms with E-state index >= 15 is 0 Å². The number of amides is 2. The van der Waals surface area contributed by atoms with E-state index in [1.54, 1.807) is 33.5 Å². The molecule has 0 aliphatic heterocycles. The molecule has 0 unspecified atom stereocenters. The first kappa shape index (κ1) is 34.3. The van der Waals surface area contributed by atoms with Gasteiger partial charge < -0.3 is 34.7 Å². The van der Waals surface area contributed by atoms with Crippen molar-refractivity contribution in [3.8, 4) is 28.4 Å². The van der Waals surface area contributed by atoms with Gasteiger partial charge in [0.05, 0.1) is 44.1 Å². The van der Waals surface area contributed by atoms with Crippen molar-refractivity contribution in [3.63, 3.8) is 0 Å². The molecule has 0 saturated heterocycles. The highest BCUT2D eigenvalue weighted by atomic mass is 16.5. The second kappa shape index (κ2) is 14.8. The number of imidazole rings is 1. The third kappa shape index (κ3) is 7.10. The first-order valence-electron chi connectivity index (χ1n) is 16.3. The summed E-state index contributed by atoms with van der Waals surface area (Å²) in [5.41, 5.74) is 5.00. The van der Waals surface area contributed by atoms with Crippen LogP contribution in [0.3, 0.4) is 0 Å². The Balaban J connectivity index is 1.49. The van der Waals surface area contributed by atoms with E-state index in [2.05, 4.69) is 16.0 Å². The number of anilines is 1. The minimum absolute atomic E-state index is 0.181. The van der Waals surface area contributed by atoms with Crippen LogP contribution < -0.4 is 35.6 Å². The Hall–Kier alpha value is -5.06. The Morgan fingerprint density at radius 2 is 1.77 bits per heavy atom. The van der Waals surface area contributed by atoms with Crippen LogP contribution in [0.15, 0.2) is 53.3 Å². The average Bonchev–Trinajstić information content (AvgIpc) is 3.19. The van der Waals surface area contributed by atoms with Crippen LogP contribution in [0, 0.1) is 5.92 Å². The fourth-order valence-electron chi connectivity index (χ4n) is 6.56. The van der Waals surface area contributed by atoms with Crippen molar-refractivity contribution in [2.75, 3.05) is 33.2 Å². The molecule has 1 aromatic heterocycles. The van der Waals surface area contributed by atoms with Crippen LogP contribution in [-0.4, -0.2) is 55.3 Å². The molecule has 11 nitrogen and oxygen atoms in total. The summed E-state index contributed by atoms with van der Waals surface area (Å²) in [5.74, 6) is 2.09. The second-order valence-corrected chi connectivity index (χ2v) is 12.5. The molecule has 0 spiro atoms. The minimum Gasteiger partial charge on any atom is -0.493 e. The van der Waals surface area contributed by atoms with Gasteiger partial charge in [-0.3, -0.25) is 14.4 Å². The first-order valence-corrected chi connectivity index (χ1v) is 16.3. The van der Waals surface area contributed by atoms with Crippen molar-refractivity contribution >= 4 is 28.5 Å². The molecule has 3 N–H and O–H groups in total. The number of hydrogen-bond donors (Lipinski definition) is 3. The minimum atomic E-state index is -0.655. The molecule has 3 aromatic carbocycles. The van der Waals surface area contributed by atoms with Gasteiger partial charge in [0.2, 0.25) is 23.0 Å². The number of fused-ring (bicyclic) bond motifs is 4. The zero-order valence-corrected chi connectivity index (χ0v) is 28.7. The number of benzene rings is 2. The molecule has 2 atom stereocenters. The van der Waals surface area contributed by atoms with Gasteiger partial charge >= 0.3 is 0 Å². The number of carbonyl (C=O) groups excluding carboxylic acids is 2. The molecule has 1 aliphatic carbocycles. The Labute approximate surface area is 281 Å². The van der Waals surface area contributed by atoms with Gasteiger partial charge in [-0.15, -0.1) is 0 Å². The molecule has 0 bridgehead atoms. The van der Waals surface area contributed by atoms with E-state index in [9.17, 15) is 14.4 Å². The van der Waals surface area contributed by atoms with Crippen molar-refractivity contribution in [3.05, 3.63) is 75.7 Å². The summed E-state index contributed by atoms with van der Waals surface area (Å²) in [7, 11) is 6.65. The monoisotopic (exact) mass is 655 g/mol. The number of aryl methyl sites for hydroxylation is 2. The SMILES string of the molecule is COc1cc2c(c(OC)c1OC)-c1ccc(N[C@@H](CC(C)C)C(=O)NCCc3nc4ccccc4n3C)c(=O)cc1[C@H](NC(C)=O)CC2.